The molecule has 0 aliphatic heterocycles. The zero-order chi connectivity index (χ0) is 18.8. The van der Waals surface area contributed by atoms with E-state index in [4.69, 9.17) is 23.7 Å². The molecule has 0 rings (SSSR count). The smallest absolute Gasteiger partial charge is 0.333 e. The van der Waals surface area contributed by atoms with Gasteiger partial charge < -0.3 is 23.7 Å². The topological polar surface area (TPSA) is 80.3 Å². The highest BCUT2D eigenvalue weighted by atomic mass is 16.6. The molecule has 0 aromatic heterocycles. The van der Waals surface area contributed by atoms with E-state index in [1.165, 1.54) is 0 Å². The van der Waals surface area contributed by atoms with Crippen LogP contribution in [0.5, 0.6) is 0 Å². The molecule has 0 N–H and O–H groups in total. The number of hydrogen-bond donors (Lipinski definition) is 0. The largest absolute Gasteiger partial charge is 0.463 e. The molecule has 0 aromatic carbocycles. The molecule has 0 spiro atoms. The van der Waals surface area contributed by atoms with Gasteiger partial charge in [-0.3, -0.25) is 4.79 Å². The minimum Gasteiger partial charge on any atom is -0.463 e. The van der Waals surface area contributed by atoms with E-state index in [9.17, 15) is 9.59 Å². The summed E-state index contributed by atoms with van der Waals surface area (Å²) in [6.07, 6.45) is 3.49. The summed E-state index contributed by atoms with van der Waals surface area (Å²) >= 11 is 0. The van der Waals surface area contributed by atoms with E-state index >= 15 is 0 Å². The second kappa shape index (κ2) is 17.4. The highest BCUT2D eigenvalue weighted by molar-refractivity contribution is 5.86. The van der Waals surface area contributed by atoms with Gasteiger partial charge in [-0.1, -0.05) is 26.3 Å². The van der Waals surface area contributed by atoms with Crippen molar-refractivity contribution in [2.45, 2.75) is 39.5 Å². The SMILES string of the molecule is C=C(C)C(=O)OCCOCCOCCOCCOC(=O)CCCCC. The third-order valence-electron chi connectivity index (χ3n) is 3.03. The van der Waals surface area contributed by atoms with Gasteiger partial charge in [0, 0.05) is 12.0 Å². The predicted octanol–water partition coefficient (Wildman–Crippen LogP) is 2.28. The molecule has 0 fully saturated rings. The molecule has 0 amide bonds. The molecule has 0 unspecified atom stereocenters. The number of carbonyl (C=O) groups is 2. The fourth-order valence-electron chi connectivity index (χ4n) is 1.66. The molecular weight excluding hydrogens is 328 g/mol. The van der Waals surface area contributed by atoms with Gasteiger partial charge in [0.25, 0.3) is 0 Å². The highest BCUT2D eigenvalue weighted by Crippen LogP contribution is 2.00. The molecule has 0 saturated carbocycles. The Hall–Kier alpha value is -1.44. The maximum absolute atomic E-state index is 11.3. The van der Waals surface area contributed by atoms with E-state index in [1.807, 2.05) is 0 Å². The van der Waals surface area contributed by atoms with Crippen molar-refractivity contribution in [3.63, 3.8) is 0 Å². The number of carbonyl (C=O) groups excluding carboxylic acids is 2. The fourth-order valence-corrected chi connectivity index (χ4v) is 1.66. The van der Waals surface area contributed by atoms with Crippen LogP contribution in [0.1, 0.15) is 39.5 Å². The van der Waals surface area contributed by atoms with Crippen LogP contribution in [0, 0.1) is 0 Å². The normalized spacial score (nSPS) is 10.5. The maximum Gasteiger partial charge on any atom is 0.333 e. The average molecular weight is 360 g/mol. The van der Waals surface area contributed by atoms with Crippen molar-refractivity contribution in [1.82, 2.24) is 0 Å². The van der Waals surface area contributed by atoms with Gasteiger partial charge in [0.1, 0.15) is 13.2 Å². The van der Waals surface area contributed by atoms with Crippen LogP contribution in [0.4, 0.5) is 0 Å². The van der Waals surface area contributed by atoms with Crippen molar-refractivity contribution in [2.24, 2.45) is 0 Å². The lowest BCUT2D eigenvalue weighted by Gasteiger charge is -2.08. The lowest BCUT2D eigenvalue weighted by molar-refractivity contribution is -0.145. The summed E-state index contributed by atoms with van der Waals surface area (Å²) in [5.41, 5.74) is 0.370. The Morgan fingerprint density at radius 1 is 0.760 bits per heavy atom. The van der Waals surface area contributed by atoms with Gasteiger partial charge in [-0.25, -0.2) is 4.79 Å². The predicted molar refractivity (Wildman–Crippen MR) is 93.3 cm³/mol. The van der Waals surface area contributed by atoms with Gasteiger partial charge >= 0.3 is 11.9 Å². The van der Waals surface area contributed by atoms with E-state index < -0.39 is 5.97 Å². The molecule has 25 heavy (non-hydrogen) atoms. The quantitative estimate of drug-likeness (QED) is 0.224. The van der Waals surface area contributed by atoms with Crippen molar-refractivity contribution < 1.29 is 33.3 Å². The number of ether oxygens (including phenoxy) is 5. The first-order valence-electron chi connectivity index (χ1n) is 8.79. The summed E-state index contributed by atoms with van der Waals surface area (Å²) < 4.78 is 25.8. The Bertz CT molecular complexity index is 368. The molecule has 0 saturated heterocycles. The Labute approximate surface area is 150 Å². The first kappa shape index (κ1) is 23.6. The molecule has 7 heteroatoms. The summed E-state index contributed by atoms with van der Waals surface area (Å²) in [6.45, 7) is 10.1. The van der Waals surface area contributed by atoms with Crippen molar-refractivity contribution in [1.29, 1.82) is 0 Å². The van der Waals surface area contributed by atoms with Gasteiger partial charge in [0.15, 0.2) is 0 Å². The Morgan fingerprint density at radius 3 is 1.72 bits per heavy atom. The first-order chi connectivity index (χ1) is 12.1. The lowest BCUT2D eigenvalue weighted by Crippen LogP contribution is -2.15. The van der Waals surface area contributed by atoms with Crippen molar-refractivity contribution in [2.75, 3.05) is 52.9 Å². The van der Waals surface area contributed by atoms with Crippen LogP contribution in [0.15, 0.2) is 12.2 Å². The molecular formula is C18H32O7. The summed E-state index contributed by atoms with van der Waals surface area (Å²) in [6, 6.07) is 0. The second-order valence-electron chi connectivity index (χ2n) is 5.43. The zero-order valence-electron chi connectivity index (χ0n) is 15.6. The summed E-state index contributed by atoms with van der Waals surface area (Å²) in [5.74, 6) is -0.581. The Morgan fingerprint density at radius 2 is 1.24 bits per heavy atom. The van der Waals surface area contributed by atoms with Gasteiger partial charge in [-0.05, 0) is 13.3 Å². The number of rotatable bonds is 17. The average Bonchev–Trinajstić information content (AvgIpc) is 2.58. The van der Waals surface area contributed by atoms with Gasteiger partial charge in [0.05, 0.1) is 39.6 Å². The van der Waals surface area contributed by atoms with Gasteiger partial charge in [-0.15, -0.1) is 0 Å². The van der Waals surface area contributed by atoms with Crippen LogP contribution < -0.4 is 0 Å². The van der Waals surface area contributed by atoms with Crippen molar-refractivity contribution >= 4 is 11.9 Å². The molecule has 0 atom stereocenters. The van der Waals surface area contributed by atoms with Gasteiger partial charge in [0.2, 0.25) is 0 Å². The molecule has 0 aromatic rings. The third-order valence-corrected chi connectivity index (χ3v) is 3.03. The van der Waals surface area contributed by atoms with Crippen LogP contribution in [-0.4, -0.2) is 64.8 Å². The maximum atomic E-state index is 11.3. The van der Waals surface area contributed by atoms with E-state index in [1.54, 1.807) is 6.92 Å². The van der Waals surface area contributed by atoms with E-state index in [0.717, 1.165) is 19.3 Å². The number of esters is 2. The van der Waals surface area contributed by atoms with Crippen LogP contribution in [0.3, 0.4) is 0 Å². The van der Waals surface area contributed by atoms with Crippen molar-refractivity contribution in [3.05, 3.63) is 12.2 Å². The lowest BCUT2D eigenvalue weighted by atomic mass is 10.2. The fraction of sp³-hybridized carbons (Fsp3) is 0.778. The summed E-state index contributed by atoms with van der Waals surface area (Å²) in [5, 5.41) is 0. The van der Waals surface area contributed by atoms with Crippen molar-refractivity contribution in [3.8, 4) is 0 Å². The summed E-state index contributed by atoms with van der Waals surface area (Å²) in [4.78, 5) is 22.4. The van der Waals surface area contributed by atoms with Crippen LogP contribution in [-0.2, 0) is 33.3 Å². The first-order valence-corrected chi connectivity index (χ1v) is 8.79. The Kier molecular flexibility index (Phi) is 16.4. The zero-order valence-corrected chi connectivity index (χ0v) is 15.6. The number of hydrogen-bond acceptors (Lipinski definition) is 7. The molecule has 0 aliphatic rings. The molecule has 0 radical (unpaired) electrons. The van der Waals surface area contributed by atoms with E-state index in [-0.39, 0.29) is 19.2 Å². The minimum atomic E-state index is -0.413. The second-order valence-corrected chi connectivity index (χ2v) is 5.43. The molecule has 0 heterocycles. The van der Waals surface area contributed by atoms with Gasteiger partial charge in [-0.2, -0.15) is 0 Å². The number of unbranched alkanes of at least 4 members (excludes halogenated alkanes) is 2. The van der Waals surface area contributed by atoms with E-state index in [0.29, 0.717) is 51.6 Å². The van der Waals surface area contributed by atoms with Crippen LogP contribution in [0.25, 0.3) is 0 Å². The third kappa shape index (κ3) is 17.2. The molecule has 146 valence electrons. The molecule has 0 bridgehead atoms. The summed E-state index contributed by atoms with van der Waals surface area (Å²) in [7, 11) is 0. The molecule has 0 aliphatic carbocycles. The standard InChI is InChI=1S/C18H32O7/c1-4-5-6-7-17(19)24-14-12-22-10-8-21-9-11-23-13-15-25-18(20)16(2)3/h2,4-15H2,1,3H3. The monoisotopic (exact) mass is 360 g/mol. The van der Waals surface area contributed by atoms with E-state index in [2.05, 4.69) is 13.5 Å². The van der Waals surface area contributed by atoms with Crippen LogP contribution >= 0.6 is 0 Å². The minimum absolute atomic E-state index is 0.167. The van der Waals surface area contributed by atoms with Crippen LogP contribution in [0.2, 0.25) is 0 Å². The molecule has 7 nitrogen and oxygen atoms in total. The highest BCUT2D eigenvalue weighted by Gasteiger charge is 2.02. The Balaban J connectivity index is 3.18.